The highest BCUT2D eigenvalue weighted by atomic mass is 16.2. The largest absolute Gasteiger partial charge is 0.338 e. The number of nitrogens with one attached hydrogen (secondary N) is 2. The van der Waals surface area contributed by atoms with E-state index in [-0.39, 0.29) is 11.9 Å². The molecule has 2 aromatic rings. The summed E-state index contributed by atoms with van der Waals surface area (Å²) in [5, 5.41) is 5.62. The van der Waals surface area contributed by atoms with Crippen molar-refractivity contribution in [1.82, 2.24) is 5.32 Å². The second-order valence-electron chi connectivity index (χ2n) is 5.59. The van der Waals surface area contributed by atoms with Crippen molar-refractivity contribution < 1.29 is 9.59 Å². The summed E-state index contributed by atoms with van der Waals surface area (Å²) in [6.45, 7) is 2.13. The number of nitrogens with zero attached hydrogens (tertiary/aromatic N) is 1. The molecule has 0 spiro atoms. The molecule has 3 amide bonds. The lowest BCUT2D eigenvalue weighted by Gasteiger charge is -2.15. The van der Waals surface area contributed by atoms with Crippen LogP contribution in [0.15, 0.2) is 54.6 Å². The molecular formula is C19H23N3O2. The van der Waals surface area contributed by atoms with Gasteiger partial charge in [0.1, 0.15) is 0 Å². The third-order valence-electron chi connectivity index (χ3n) is 3.76. The fraction of sp³-hybridized carbons (Fsp3) is 0.263. The molecule has 0 aliphatic rings. The molecule has 126 valence electrons. The first-order chi connectivity index (χ1) is 11.6. The summed E-state index contributed by atoms with van der Waals surface area (Å²) in [7, 11) is 1.71. The molecule has 0 aliphatic heterocycles. The van der Waals surface area contributed by atoms with Crippen LogP contribution in [0.25, 0.3) is 0 Å². The molecule has 0 saturated heterocycles. The highest BCUT2D eigenvalue weighted by Crippen LogP contribution is 2.16. The van der Waals surface area contributed by atoms with Gasteiger partial charge >= 0.3 is 6.03 Å². The van der Waals surface area contributed by atoms with E-state index in [1.807, 2.05) is 18.2 Å². The Hall–Kier alpha value is -2.82. The van der Waals surface area contributed by atoms with Crippen LogP contribution in [0.2, 0.25) is 0 Å². The Morgan fingerprint density at radius 2 is 1.67 bits per heavy atom. The molecule has 2 aromatic carbocycles. The molecular weight excluding hydrogens is 302 g/mol. The van der Waals surface area contributed by atoms with Gasteiger partial charge in [-0.2, -0.15) is 0 Å². The number of hydrogen-bond acceptors (Lipinski definition) is 2. The maximum atomic E-state index is 11.9. The normalized spacial score (nSPS) is 10.1. The Balaban J connectivity index is 1.73. The van der Waals surface area contributed by atoms with Crippen LogP contribution in [-0.2, 0) is 11.2 Å². The molecule has 0 aromatic heterocycles. The van der Waals surface area contributed by atoms with Gasteiger partial charge < -0.3 is 15.5 Å². The summed E-state index contributed by atoms with van der Waals surface area (Å²) >= 11 is 0. The molecule has 5 heteroatoms. The Morgan fingerprint density at radius 1 is 1.00 bits per heavy atom. The van der Waals surface area contributed by atoms with Crippen molar-refractivity contribution in [3.05, 3.63) is 60.2 Å². The smallest absolute Gasteiger partial charge is 0.319 e. The van der Waals surface area contributed by atoms with Crippen molar-refractivity contribution >= 4 is 23.3 Å². The van der Waals surface area contributed by atoms with Gasteiger partial charge in [-0.3, -0.25) is 4.79 Å². The molecule has 0 unspecified atom stereocenters. The monoisotopic (exact) mass is 325 g/mol. The minimum Gasteiger partial charge on any atom is -0.338 e. The highest BCUT2D eigenvalue weighted by Gasteiger charge is 2.06. The van der Waals surface area contributed by atoms with Gasteiger partial charge in [-0.05, 0) is 42.7 Å². The van der Waals surface area contributed by atoms with Crippen molar-refractivity contribution in [2.45, 2.75) is 19.8 Å². The number of anilines is 2. The van der Waals surface area contributed by atoms with E-state index in [2.05, 4.69) is 22.8 Å². The van der Waals surface area contributed by atoms with E-state index < -0.39 is 0 Å². The van der Waals surface area contributed by atoms with Crippen molar-refractivity contribution in [3.8, 4) is 0 Å². The Kier molecular flexibility index (Phi) is 6.37. The molecule has 0 fully saturated rings. The Labute approximate surface area is 142 Å². The molecule has 0 heterocycles. The third-order valence-corrected chi connectivity index (χ3v) is 3.76. The molecule has 0 aliphatic carbocycles. The number of aryl methyl sites for hydroxylation is 1. The van der Waals surface area contributed by atoms with Crippen LogP contribution < -0.4 is 15.5 Å². The SMILES string of the molecule is CC(=O)N(C)c1ccc(NC(=O)NCCCc2ccccc2)cc1. The number of hydrogen-bond donors (Lipinski definition) is 2. The van der Waals surface area contributed by atoms with Crippen LogP contribution in [0.4, 0.5) is 16.2 Å². The topological polar surface area (TPSA) is 61.4 Å². The van der Waals surface area contributed by atoms with E-state index in [1.54, 1.807) is 36.2 Å². The summed E-state index contributed by atoms with van der Waals surface area (Å²) in [6.07, 6.45) is 1.83. The Bertz CT molecular complexity index is 669. The van der Waals surface area contributed by atoms with E-state index in [0.29, 0.717) is 12.2 Å². The van der Waals surface area contributed by atoms with Crippen LogP contribution in [0.1, 0.15) is 18.9 Å². The van der Waals surface area contributed by atoms with Crippen LogP contribution in [0.5, 0.6) is 0 Å². The number of urea groups is 1. The Morgan fingerprint density at radius 3 is 2.29 bits per heavy atom. The van der Waals surface area contributed by atoms with Gasteiger partial charge in [0.15, 0.2) is 0 Å². The number of carbonyl (C=O) groups excluding carboxylic acids is 2. The first-order valence-electron chi connectivity index (χ1n) is 7.99. The van der Waals surface area contributed by atoms with E-state index in [9.17, 15) is 9.59 Å². The van der Waals surface area contributed by atoms with Crippen molar-refractivity contribution in [3.63, 3.8) is 0 Å². The number of amides is 3. The van der Waals surface area contributed by atoms with Crippen LogP contribution >= 0.6 is 0 Å². The first kappa shape index (κ1) is 17.5. The molecule has 5 nitrogen and oxygen atoms in total. The maximum Gasteiger partial charge on any atom is 0.319 e. The quantitative estimate of drug-likeness (QED) is 0.799. The minimum absolute atomic E-state index is 0.0353. The van der Waals surface area contributed by atoms with Crippen molar-refractivity contribution in [1.29, 1.82) is 0 Å². The molecule has 0 atom stereocenters. The molecule has 2 N–H and O–H groups in total. The highest BCUT2D eigenvalue weighted by molar-refractivity contribution is 5.92. The maximum absolute atomic E-state index is 11.9. The van der Waals surface area contributed by atoms with Gasteiger partial charge in [0.2, 0.25) is 5.91 Å². The lowest BCUT2D eigenvalue weighted by Crippen LogP contribution is -2.29. The van der Waals surface area contributed by atoms with Gasteiger partial charge in [-0.1, -0.05) is 30.3 Å². The standard InChI is InChI=1S/C19H23N3O2/c1-15(23)22(2)18-12-10-17(11-13-18)21-19(24)20-14-6-9-16-7-4-3-5-8-16/h3-5,7-8,10-13H,6,9,14H2,1-2H3,(H2,20,21,24). The predicted molar refractivity (Wildman–Crippen MR) is 97.3 cm³/mol. The van der Waals surface area contributed by atoms with Gasteiger partial charge in [0.05, 0.1) is 0 Å². The zero-order valence-corrected chi connectivity index (χ0v) is 14.1. The first-order valence-corrected chi connectivity index (χ1v) is 7.99. The number of benzene rings is 2. The number of carbonyl (C=O) groups is 2. The van der Waals surface area contributed by atoms with E-state index in [4.69, 9.17) is 0 Å². The second-order valence-corrected chi connectivity index (χ2v) is 5.59. The fourth-order valence-corrected chi connectivity index (χ4v) is 2.26. The molecule has 2 rings (SSSR count). The molecule has 0 saturated carbocycles. The average molecular weight is 325 g/mol. The lowest BCUT2D eigenvalue weighted by molar-refractivity contribution is -0.116. The van der Waals surface area contributed by atoms with Gasteiger partial charge in [0.25, 0.3) is 0 Å². The summed E-state index contributed by atoms with van der Waals surface area (Å²) in [5.41, 5.74) is 2.75. The van der Waals surface area contributed by atoms with Crippen LogP contribution in [0.3, 0.4) is 0 Å². The summed E-state index contributed by atoms with van der Waals surface area (Å²) in [4.78, 5) is 24.7. The van der Waals surface area contributed by atoms with Gasteiger partial charge in [-0.25, -0.2) is 4.79 Å². The molecule has 24 heavy (non-hydrogen) atoms. The summed E-state index contributed by atoms with van der Waals surface area (Å²) in [5.74, 6) is -0.0353. The predicted octanol–water partition coefficient (Wildman–Crippen LogP) is 3.42. The van der Waals surface area contributed by atoms with Crippen LogP contribution in [0, 0.1) is 0 Å². The fourth-order valence-electron chi connectivity index (χ4n) is 2.26. The summed E-state index contributed by atoms with van der Waals surface area (Å²) in [6, 6.07) is 17.1. The lowest BCUT2D eigenvalue weighted by atomic mass is 10.1. The summed E-state index contributed by atoms with van der Waals surface area (Å²) < 4.78 is 0. The zero-order chi connectivity index (χ0) is 17.4. The minimum atomic E-state index is -0.226. The van der Waals surface area contributed by atoms with Crippen molar-refractivity contribution in [2.75, 3.05) is 23.8 Å². The number of rotatable bonds is 6. The average Bonchev–Trinajstić information content (AvgIpc) is 2.59. The van der Waals surface area contributed by atoms with E-state index >= 15 is 0 Å². The molecule has 0 radical (unpaired) electrons. The van der Waals surface area contributed by atoms with E-state index in [1.165, 1.54) is 12.5 Å². The zero-order valence-electron chi connectivity index (χ0n) is 14.1. The van der Waals surface area contributed by atoms with E-state index in [0.717, 1.165) is 18.5 Å². The van der Waals surface area contributed by atoms with Crippen LogP contribution in [-0.4, -0.2) is 25.5 Å². The van der Waals surface area contributed by atoms with Gasteiger partial charge in [0, 0.05) is 31.9 Å². The van der Waals surface area contributed by atoms with Crippen molar-refractivity contribution in [2.24, 2.45) is 0 Å². The third kappa shape index (κ3) is 5.43. The van der Waals surface area contributed by atoms with Gasteiger partial charge in [-0.15, -0.1) is 0 Å². The molecule has 0 bridgehead atoms. The second kappa shape index (κ2) is 8.72.